The molecule has 2 aliphatic heterocycles. The van der Waals surface area contributed by atoms with Crippen LogP contribution in [0.2, 0.25) is 0 Å². The third-order valence-corrected chi connectivity index (χ3v) is 12.7. The first-order chi connectivity index (χ1) is 22.8. The van der Waals surface area contributed by atoms with Gasteiger partial charge in [0, 0.05) is 67.2 Å². The second kappa shape index (κ2) is 9.05. The minimum atomic E-state index is -0.283. The highest BCUT2D eigenvalue weighted by atomic mass is 32.1. The van der Waals surface area contributed by atoms with E-state index in [9.17, 15) is 0 Å². The number of fused-ring (bicyclic) bond motifs is 14. The number of nitrogens with zero attached hydrogens (tertiary/aromatic N) is 4. The Morgan fingerprint density at radius 2 is 1.62 bits per heavy atom. The van der Waals surface area contributed by atoms with Gasteiger partial charge in [-0.05, 0) is 55.0 Å². The minimum absolute atomic E-state index is 0.0439. The lowest BCUT2D eigenvalue weighted by Crippen LogP contribution is -2.78. The van der Waals surface area contributed by atoms with E-state index in [4.69, 9.17) is 5.10 Å². The van der Waals surface area contributed by atoms with Crippen LogP contribution < -0.4 is 9.13 Å². The fourth-order valence-electron chi connectivity index (χ4n) is 9.41. The summed E-state index contributed by atoms with van der Waals surface area (Å²) in [4.78, 5) is 0. The molecular weight excluding hydrogens is 593 g/mol. The Bertz CT molecular complexity index is 2510. The van der Waals surface area contributed by atoms with Gasteiger partial charge < -0.3 is 0 Å². The molecule has 0 saturated carbocycles. The molecular formula is C42H38N4S+2. The second-order valence-corrected chi connectivity index (χ2v) is 15.8. The molecule has 1 aliphatic carbocycles. The second-order valence-electron chi connectivity index (χ2n) is 14.7. The zero-order valence-electron chi connectivity index (χ0n) is 27.6. The number of rotatable bonds is 3. The van der Waals surface area contributed by atoms with Gasteiger partial charge in [-0.3, -0.25) is 0 Å². The first kappa shape index (κ1) is 27.5. The monoisotopic (exact) mass is 630 g/mol. The van der Waals surface area contributed by atoms with Gasteiger partial charge in [0.2, 0.25) is 28.5 Å². The van der Waals surface area contributed by atoms with Crippen molar-refractivity contribution in [3.05, 3.63) is 126 Å². The van der Waals surface area contributed by atoms with Crippen molar-refractivity contribution in [1.82, 2.24) is 9.78 Å². The molecule has 4 nitrogen and oxygen atoms in total. The molecule has 47 heavy (non-hydrogen) atoms. The highest BCUT2D eigenvalue weighted by Crippen LogP contribution is 2.61. The Labute approximate surface area is 279 Å². The number of para-hydroxylation sites is 1. The van der Waals surface area contributed by atoms with Crippen LogP contribution in [0.15, 0.2) is 115 Å². The van der Waals surface area contributed by atoms with E-state index >= 15 is 0 Å². The van der Waals surface area contributed by atoms with E-state index in [1.807, 2.05) is 11.3 Å². The van der Waals surface area contributed by atoms with E-state index in [0.717, 1.165) is 18.5 Å². The molecule has 3 unspecified atom stereocenters. The molecule has 3 atom stereocenters. The fourth-order valence-corrected chi connectivity index (χ4v) is 10.5. The summed E-state index contributed by atoms with van der Waals surface area (Å²) in [5, 5.41) is 9.43. The normalized spacial score (nSPS) is 22.4. The Hall–Kier alpha value is -4.61. The maximum absolute atomic E-state index is 5.46. The predicted molar refractivity (Wildman–Crippen MR) is 192 cm³/mol. The third kappa shape index (κ3) is 3.21. The van der Waals surface area contributed by atoms with Crippen LogP contribution in [0.25, 0.3) is 53.7 Å². The van der Waals surface area contributed by atoms with Crippen LogP contribution in [0.3, 0.4) is 0 Å². The number of aromatic nitrogens is 4. The predicted octanol–water partition coefficient (Wildman–Crippen LogP) is 9.38. The number of hydrogen-bond acceptors (Lipinski definition) is 2. The summed E-state index contributed by atoms with van der Waals surface area (Å²) in [7, 11) is 0. The fraction of sp³-hybridized carbons (Fsp3) is 0.262. The first-order valence-electron chi connectivity index (χ1n) is 17.1. The van der Waals surface area contributed by atoms with Crippen LogP contribution in [-0.4, -0.2) is 9.78 Å². The summed E-state index contributed by atoms with van der Waals surface area (Å²) in [5.41, 5.74) is 9.81. The quantitative estimate of drug-likeness (QED) is 0.141. The smallest absolute Gasteiger partial charge is 0.231 e. The van der Waals surface area contributed by atoms with Crippen LogP contribution in [0.5, 0.6) is 0 Å². The minimum Gasteiger partial charge on any atom is -0.241 e. The molecule has 7 aromatic rings. The van der Waals surface area contributed by atoms with Crippen LogP contribution >= 0.6 is 11.3 Å². The van der Waals surface area contributed by atoms with Gasteiger partial charge in [-0.1, -0.05) is 65.0 Å². The topological polar surface area (TPSA) is 25.6 Å². The molecule has 0 radical (unpaired) electrons. The molecule has 3 aromatic carbocycles. The number of pyridine rings is 2. The van der Waals surface area contributed by atoms with Gasteiger partial charge in [0.15, 0.2) is 11.7 Å². The van der Waals surface area contributed by atoms with Crippen molar-refractivity contribution in [2.45, 2.75) is 70.0 Å². The number of thiophene rings is 1. The maximum Gasteiger partial charge on any atom is 0.231 e. The average Bonchev–Trinajstić information content (AvgIpc) is 3.77. The summed E-state index contributed by atoms with van der Waals surface area (Å²) in [6.45, 7) is 11.6. The van der Waals surface area contributed by atoms with Gasteiger partial charge >= 0.3 is 0 Å². The Balaban J connectivity index is 1.31. The number of benzene rings is 3. The molecule has 230 valence electrons. The van der Waals surface area contributed by atoms with Gasteiger partial charge in [0.25, 0.3) is 0 Å². The molecule has 4 aromatic heterocycles. The summed E-state index contributed by atoms with van der Waals surface area (Å²) >= 11 is 1.92. The molecule has 5 heteroatoms. The molecule has 3 aliphatic rings. The van der Waals surface area contributed by atoms with E-state index in [-0.39, 0.29) is 22.5 Å². The van der Waals surface area contributed by atoms with Gasteiger partial charge in [-0.2, -0.15) is 14.2 Å². The van der Waals surface area contributed by atoms with Crippen LogP contribution in [0.4, 0.5) is 0 Å². The zero-order valence-corrected chi connectivity index (χ0v) is 28.4. The lowest BCUT2D eigenvalue weighted by Gasteiger charge is -2.55. The van der Waals surface area contributed by atoms with Crippen LogP contribution in [0, 0.1) is 0 Å². The van der Waals surface area contributed by atoms with Gasteiger partial charge in [-0.25, -0.2) is 4.68 Å². The molecule has 0 amide bonds. The highest BCUT2D eigenvalue weighted by molar-refractivity contribution is 7.25. The lowest BCUT2D eigenvalue weighted by atomic mass is 9.55. The molecule has 10 rings (SSSR count). The van der Waals surface area contributed by atoms with Crippen molar-refractivity contribution in [3.8, 4) is 22.6 Å². The van der Waals surface area contributed by atoms with E-state index in [2.05, 4.69) is 158 Å². The molecule has 0 saturated heterocycles. The molecule has 6 heterocycles. The molecule has 0 bridgehead atoms. The summed E-state index contributed by atoms with van der Waals surface area (Å²) in [6, 6.07) is 36.6. The van der Waals surface area contributed by atoms with Crippen LogP contribution in [0.1, 0.15) is 64.8 Å². The lowest BCUT2D eigenvalue weighted by molar-refractivity contribution is -0.775. The molecule has 0 spiro atoms. The van der Waals surface area contributed by atoms with E-state index in [1.54, 1.807) is 0 Å². The van der Waals surface area contributed by atoms with Crippen molar-refractivity contribution in [2.24, 2.45) is 0 Å². The average molecular weight is 631 g/mol. The van der Waals surface area contributed by atoms with Gasteiger partial charge in [0.1, 0.15) is 5.69 Å². The van der Waals surface area contributed by atoms with Crippen LogP contribution in [-0.2, 0) is 16.5 Å². The summed E-state index contributed by atoms with van der Waals surface area (Å²) in [5.74, 6) is 0. The Kier molecular flexibility index (Phi) is 5.29. The van der Waals surface area contributed by atoms with Crippen molar-refractivity contribution >= 4 is 42.4 Å². The van der Waals surface area contributed by atoms with Crippen molar-refractivity contribution in [1.29, 1.82) is 0 Å². The number of hydrogen-bond donors (Lipinski definition) is 0. The zero-order chi connectivity index (χ0) is 31.9. The Morgan fingerprint density at radius 3 is 2.45 bits per heavy atom. The van der Waals surface area contributed by atoms with Crippen molar-refractivity contribution in [2.75, 3.05) is 0 Å². The highest BCUT2D eigenvalue weighted by Gasteiger charge is 2.73. The first-order valence-corrected chi connectivity index (χ1v) is 17.9. The molecule has 0 N–H and O–H groups in total. The van der Waals surface area contributed by atoms with Crippen molar-refractivity contribution in [3.63, 3.8) is 0 Å². The Morgan fingerprint density at radius 1 is 0.809 bits per heavy atom. The maximum atomic E-state index is 5.46. The van der Waals surface area contributed by atoms with E-state index < -0.39 is 0 Å². The largest absolute Gasteiger partial charge is 0.241 e. The van der Waals surface area contributed by atoms with E-state index in [0.29, 0.717) is 0 Å². The summed E-state index contributed by atoms with van der Waals surface area (Å²) < 4.78 is 10.4. The standard InChI is InChI=1S/C42H38N4S/c1-6-41-25-31(42(41,7-2)44-21-13-12-17-34(44)35-24-38(40(3,4)5)43-46(35)41)39-30-23-37-29(27-15-9-11-18-36(27)47-37)22-28(30)33-20-19-26-14-8-10-16-32(26)45(33)39/h8-25,39H,6-7H2,1-5H3/q+2. The van der Waals surface area contributed by atoms with Gasteiger partial charge in [-0.15, -0.1) is 11.3 Å². The van der Waals surface area contributed by atoms with Crippen molar-refractivity contribution < 1.29 is 9.13 Å². The molecule has 0 fully saturated rings. The van der Waals surface area contributed by atoms with E-state index in [1.165, 1.54) is 64.9 Å². The SMILES string of the molecule is CCC12C=C(C3c4cc5sc6ccccc6c5cc4-c4ccc5ccccc5[n+]43)C1(CC)[n+]1ccccc1-c1cc(C(C)(C)C)nn12. The number of allylic oxidation sites excluding steroid dienone is 2. The van der Waals surface area contributed by atoms with Gasteiger partial charge in [0.05, 0.1) is 16.8 Å². The summed E-state index contributed by atoms with van der Waals surface area (Å²) in [6.07, 6.45) is 6.89. The third-order valence-electron chi connectivity index (χ3n) is 11.6.